The number of carbonyl (C=O) groups is 2. The maximum Gasteiger partial charge on any atom is 0.338 e. The van der Waals surface area contributed by atoms with Crippen LogP contribution < -0.4 is 0 Å². The van der Waals surface area contributed by atoms with Gasteiger partial charge in [-0.05, 0) is 78.9 Å². The van der Waals surface area contributed by atoms with Crippen LogP contribution in [0.2, 0.25) is 0 Å². The van der Waals surface area contributed by atoms with Crippen molar-refractivity contribution in [2.45, 2.75) is 27.7 Å². The molecule has 0 bridgehead atoms. The lowest BCUT2D eigenvalue weighted by Crippen LogP contribution is -2.17. The van der Waals surface area contributed by atoms with Gasteiger partial charge in [-0.3, -0.25) is 4.79 Å². The molecule has 1 heterocycles. The molecule has 0 saturated heterocycles. The van der Waals surface area contributed by atoms with Crippen LogP contribution in [-0.4, -0.2) is 28.3 Å². The first-order chi connectivity index (χ1) is 18.3. The first-order valence-corrected chi connectivity index (χ1v) is 12.6. The van der Waals surface area contributed by atoms with Crippen molar-refractivity contribution in [1.82, 2.24) is 9.97 Å². The van der Waals surface area contributed by atoms with E-state index in [0.717, 1.165) is 54.8 Å². The van der Waals surface area contributed by atoms with E-state index >= 15 is 0 Å². The fourth-order valence-electron chi connectivity index (χ4n) is 5.33. The van der Waals surface area contributed by atoms with Gasteiger partial charge in [-0.1, -0.05) is 54.6 Å². The van der Waals surface area contributed by atoms with E-state index in [-0.39, 0.29) is 12.4 Å². The Kier molecular flexibility index (Phi) is 5.64. The Bertz CT molecular complexity index is 1930. The van der Waals surface area contributed by atoms with Crippen molar-refractivity contribution in [3.63, 3.8) is 0 Å². The normalized spacial score (nSPS) is 11.5. The summed E-state index contributed by atoms with van der Waals surface area (Å²) in [6, 6.07) is 23.6. The summed E-state index contributed by atoms with van der Waals surface area (Å²) in [5, 5.41) is 4.28. The summed E-state index contributed by atoms with van der Waals surface area (Å²) in [6.45, 7) is 7.50. The van der Waals surface area contributed by atoms with E-state index < -0.39 is 5.97 Å². The largest absolute Gasteiger partial charge is 0.454 e. The molecule has 0 fully saturated rings. The van der Waals surface area contributed by atoms with E-state index in [0.29, 0.717) is 22.2 Å². The average molecular weight is 499 g/mol. The molecular weight excluding hydrogens is 472 g/mol. The highest BCUT2D eigenvalue weighted by atomic mass is 16.5. The summed E-state index contributed by atoms with van der Waals surface area (Å²) < 4.78 is 5.46. The summed E-state index contributed by atoms with van der Waals surface area (Å²) in [7, 11) is 0. The van der Waals surface area contributed by atoms with Gasteiger partial charge in [0.2, 0.25) is 5.78 Å². The molecule has 5 aromatic carbocycles. The molecule has 0 saturated carbocycles. The number of ether oxygens (including phenoxy) is 1. The molecule has 5 heteroatoms. The van der Waals surface area contributed by atoms with Crippen LogP contribution in [0.25, 0.3) is 43.6 Å². The number of aryl methyl sites for hydroxylation is 2. The maximum atomic E-state index is 13.0. The molecule has 186 valence electrons. The van der Waals surface area contributed by atoms with E-state index in [2.05, 4.69) is 24.3 Å². The SMILES string of the molecule is Cc1cc(C)c(C)c(C(=O)COC(=O)c2ccc3nc4c5ccccc5c5ccccc5c4nc3c2)c1C. The first-order valence-electron chi connectivity index (χ1n) is 12.6. The molecule has 0 amide bonds. The highest BCUT2D eigenvalue weighted by Crippen LogP contribution is 2.34. The number of carbonyl (C=O) groups excluding carboxylic acids is 2. The van der Waals surface area contributed by atoms with Gasteiger partial charge >= 0.3 is 5.97 Å². The molecule has 0 atom stereocenters. The summed E-state index contributed by atoms with van der Waals surface area (Å²) in [4.78, 5) is 35.9. The second-order valence-corrected chi connectivity index (χ2v) is 9.85. The van der Waals surface area contributed by atoms with Crippen molar-refractivity contribution in [1.29, 1.82) is 0 Å². The van der Waals surface area contributed by atoms with Gasteiger partial charge in [0.15, 0.2) is 6.61 Å². The highest BCUT2D eigenvalue weighted by Gasteiger charge is 2.19. The Morgan fingerprint density at radius 2 is 1.18 bits per heavy atom. The van der Waals surface area contributed by atoms with E-state index in [1.54, 1.807) is 18.2 Å². The Labute approximate surface area is 220 Å². The zero-order chi connectivity index (χ0) is 26.6. The summed E-state index contributed by atoms with van der Waals surface area (Å²) in [5.74, 6) is -0.768. The average Bonchev–Trinajstić information content (AvgIpc) is 2.94. The van der Waals surface area contributed by atoms with Crippen LogP contribution in [0.1, 0.15) is 43.0 Å². The second kappa shape index (κ2) is 9.03. The lowest BCUT2D eigenvalue weighted by Gasteiger charge is -2.14. The van der Waals surface area contributed by atoms with E-state index in [1.807, 2.05) is 58.0 Å². The molecule has 6 aromatic rings. The monoisotopic (exact) mass is 498 g/mol. The van der Waals surface area contributed by atoms with Crippen molar-refractivity contribution >= 4 is 55.4 Å². The lowest BCUT2D eigenvalue weighted by molar-refractivity contribution is 0.0474. The van der Waals surface area contributed by atoms with Crippen LogP contribution in [0.3, 0.4) is 0 Å². The van der Waals surface area contributed by atoms with Crippen molar-refractivity contribution in [2.75, 3.05) is 6.61 Å². The van der Waals surface area contributed by atoms with Crippen LogP contribution in [0, 0.1) is 27.7 Å². The van der Waals surface area contributed by atoms with Gasteiger partial charge in [-0.2, -0.15) is 0 Å². The maximum absolute atomic E-state index is 13.0. The molecule has 1 aromatic heterocycles. The molecule has 38 heavy (non-hydrogen) atoms. The predicted molar refractivity (Wildman–Crippen MR) is 152 cm³/mol. The number of rotatable bonds is 4. The third-order valence-corrected chi connectivity index (χ3v) is 7.53. The number of Topliss-reactive ketones (excluding diaryl/α,β-unsaturated/α-hetero) is 1. The first kappa shape index (κ1) is 23.7. The Hall–Kier alpha value is -4.64. The zero-order valence-electron chi connectivity index (χ0n) is 21.8. The molecule has 0 radical (unpaired) electrons. The predicted octanol–water partition coefficient (Wildman–Crippen LogP) is 7.36. The summed E-state index contributed by atoms with van der Waals surface area (Å²) >= 11 is 0. The Morgan fingerprint density at radius 1 is 0.658 bits per heavy atom. The van der Waals surface area contributed by atoms with Gasteiger partial charge < -0.3 is 4.74 Å². The minimum absolute atomic E-state index is 0.204. The van der Waals surface area contributed by atoms with Crippen LogP contribution in [0.4, 0.5) is 0 Å². The van der Waals surface area contributed by atoms with Crippen molar-refractivity contribution in [3.05, 3.63) is 106 Å². The molecule has 0 aliphatic heterocycles. The van der Waals surface area contributed by atoms with Gasteiger partial charge in [-0.25, -0.2) is 14.8 Å². The fraction of sp³-hybridized carbons (Fsp3) is 0.152. The third-order valence-electron chi connectivity index (χ3n) is 7.53. The van der Waals surface area contributed by atoms with Gasteiger partial charge in [0.25, 0.3) is 0 Å². The Balaban J connectivity index is 1.37. The topological polar surface area (TPSA) is 69.2 Å². The van der Waals surface area contributed by atoms with Gasteiger partial charge in [0.05, 0.1) is 27.6 Å². The van der Waals surface area contributed by atoms with Gasteiger partial charge in [-0.15, -0.1) is 0 Å². The number of hydrogen-bond donors (Lipinski definition) is 0. The van der Waals surface area contributed by atoms with E-state index in [9.17, 15) is 9.59 Å². The van der Waals surface area contributed by atoms with Gasteiger partial charge in [0.1, 0.15) is 0 Å². The zero-order valence-corrected chi connectivity index (χ0v) is 21.8. The molecule has 5 nitrogen and oxygen atoms in total. The smallest absolute Gasteiger partial charge is 0.338 e. The third kappa shape index (κ3) is 3.79. The van der Waals surface area contributed by atoms with Crippen molar-refractivity contribution in [3.8, 4) is 0 Å². The number of ketones is 1. The Morgan fingerprint density at radius 3 is 1.76 bits per heavy atom. The quantitative estimate of drug-likeness (QED) is 0.110. The number of aromatic nitrogens is 2. The summed E-state index contributed by atoms with van der Waals surface area (Å²) in [5.41, 5.74) is 7.78. The number of benzene rings is 5. The number of fused-ring (bicyclic) bond motifs is 7. The van der Waals surface area contributed by atoms with Crippen molar-refractivity contribution < 1.29 is 14.3 Å². The second-order valence-electron chi connectivity index (χ2n) is 9.85. The van der Waals surface area contributed by atoms with Crippen LogP contribution in [-0.2, 0) is 4.74 Å². The molecule has 6 rings (SSSR count). The summed E-state index contributed by atoms with van der Waals surface area (Å²) in [6.07, 6.45) is 0. The van der Waals surface area contributed by atoms with E-state index in [1.165, 1.54) is 0 Å². The molecular formula is C33H26N2O3. The molecule has 0 unspecified atom stereocenters. The standard InChI is InChI=1S/C33H26N2O3/c1-18-15-19(2)21(4)30(20(18)3)29(36)17-38-33(37)22-13-14-27-28(16-22)35-32-26-12-8-6-10-24(26)23-9-5-7-11-25(23)31(32)34-27/h5-16H,17H2,1-4H3. The number of hydrogen-bond acceptors (Lipinski definition) is 5. The van der Waals surface area contributed by atoms with Crippen LogP contribution >= 0.6 is 0 Å². The van der Waals surface area contributed by atoms with Crippen LogP contribution in [0.15, 0.2) is 72.8 Å². The molecule has 0 spiro atoms. The lowest BCUT2D eigenvalue weighted by atomic mass is 9.92. The van der Waals surface area contributed by atoms with Crippen molar-refractivity contribution in [2.24, 2.45) is 0 Å². The number of esters is 1. The van der Waals surface area contributed by atoms with Crippen LogP contribution in [0.5, 0.6) is 0 Å². The minimum atomic E-state index is -0.565. The minimum Gasteiger partial charge on any atom is -0.454 e. The molecule has 0 N–H and O–H groups in total. The molecule has 0 aliphatic rings. The number of nitrogens with zero attached hydrogens (tertiary/aromatic N) is 2. The highest BCUT2D eigenvalue weighted by molar-refractivity contribution is 6.23. The molecule has 0 aliphatic carbocycles. The van der Waals surface area contributed by atoms with Gasteiger partial charge in [0, 0.05) is 16.3 Å². The van der Waals surface area contributed by atoms with E-state index in [4.69, 9.17) is 14.7 Å². The fourth-order valence-corrected chi connectivity index (χ4v) is 5.33.